The molecule has 0 aliphatic heterocycles. The number of H-pyrrole nitrogens is 1. The van der Waals surface area contributed by atoms with Crippen LogP contribution in [0.1, 0.15) is 18.7 Å². The fraction of sp³-hybridized carbons (Fsp3) is 0.667. The zero-order chi connectivity index (χ0) is 10.4. The number of methoxy groups -OCH3 is 1. The Labute approximate surface area is 83.5 Å². The summed E-state index contributed by atoms with van der Waals surface area (Å²) in [5.41, 5.74) is 1.000. The molecule has 0 aromatic carbocycles. The minimum Gasteiger partial charge on any atom is -0.395 e. The average Bonchev–Trinajstić information content (AvgIpc) is 2.69. The number of aliphatic hydroxyl groups excluding tert-OH is 1. The van der Waals surface area contributed by atoms with E-state index in [1.165, 1.54) is 0 Å². The van der Waals surface area contributed by atoms with Crippen molar-refractivity contribution in [2.75, 3.05) is 20.3 Å². The van der Waals surface area contributed by atoms with E-state index in [2.05, 4.69) is 15.5 Å². The first-order chi connectivity index (χ1) is 6.77. The highest BCUT2D eigenvalue weighted by atomic mass is 16.5. The largest absolute Gasteiger partial charge is 0.395 e. The molecule has 1 heterocycles. The van der Waals surface area contributed by atoms with Crippen LogP contribution in [-0.2, 0) is 4.74 Å². The van der Waals surface area contributed by atoms with Gasteiger partial charge in [-0.2, -0.15) is 5.10 Å². The Morgan fingerprint density at radius 3 is 3.00 bits per heavy atom. The molecule has 0 bridgehead atoms. The number of hydrogen-bond acceptors (Lipinski definition) is 4. The molecule has 5 nitrogen and oxygen atoms in total. The van der Waals surface area contributed by atoms with E-state index >= 15 is 0 Å². The summed E-state index contributed by atoms with van der Waals surface area (Å²) in [5, 5.41) is 19.0. The van der Waals surface area contributed by atoms with E-state index in [0.717, 1.165) is 5.69 Å². The molecule has 0 radical (unpaired) electrons. The summed E-state index contributed by atoms with van der Waals surface area (Å²) in [7, 11) is 1.62. The van der Waals surface area contributed by atoms with Gasteiger partial charge in [-0.15, -0.1) is 0 Å². The van der Waals surface area contributed by atoms with Crippen LogP contribution in [0.15, 0.2) is 12.3 Å². The molecule has 0 spiro atoms. The average molecular weight is 199 g/mol. The van der Waals surface area contributed by atoms with E-state index < -0.39 is 0 Å². The van der Waals surface area contributed by atoms with Crippen LogP contribution in [0.2, 0.25) is 0 Å². The highest BCUT2D eigenvalue weighted by Crippen LogP contribution is 2.08. The van der Waals surface area contributed by atoms with E-state index in [0.29, 0.717) is 6.61 Å². The molecule has 1 aromatic heterocycles. The second kappa shape index (κ2) is 5.74. The summed E-state index contributed by atoms with van der Waals surface area (Å²) in [6.45, 7) is 2.56. The van der Waals surface area contributed by atoms with Crippen LogP contribution in [0, 0.1) is 0 Å². The van der Waals surface area contributed by atoms with Crippen molar-refractivity contribution in [2.24, 2.45) is 0 Å². The fourth-order valence-electron chi connectivity index (χ4n) is 1.31. The van der Waals surface area contributed by atoms with Gasteiger partial charge in [-0.3, -0.25) is 5.10 Å². The number of rotatable bonds is 6. The lowest BCUT2D eigenvalue weighted by Gasteiger charge is -2.19. The zero-order valence-corrected chi connectivity index (χ0v) is 8.53. The number of aromatic amines is 1. The van der Waals surface area contributed by atoms with Gasteiger partial charge in [-0.05, 0) is 13.0 Å². The maximum Gasteiger partial charge on any atom is 0.0638 e. The summed E-state index contributed by atoms with van der Waals surface area (Å²) in [6, 6.07) is 1.99. The fourth-order valence-corrected chi connectivity index (χ4v) is 1.31. The van der Waals surface area contributed by atoms with Crippen LogP contribution in [0.25, 0.3) is 0 Å². The normalized spacial score (nSPS) is 15.4. The smallest absolute Gasteiger partial charge is 0.0638 e. The molecule has 3 N–H and O–H groups in total. The van der Waals surface area contributed by atoms with Gasteiger partial charge >= 0.3 is 0 Å². The van der Waals surface area contributed by atoms with Gasteiger partial charge in [0.2, 0.25) is 0 Å². The van der Waals surface area contributed by atoms with Gasteiger partial charge in [-0.1, -0.05) is 0 Å². The van der Waals surface area contributed by atoms with Gasteiger partial charge in [0, 0.05) is 19.3 Å². The summed E-state index contributed by atoms with van der Waals surface area (Å²) in [5.74, 6) is 0. The van der Waals surface area contributed by atoms with Crippen molar-refractivity contribution in [3.05, 3.63) is 18.0 Å². The predicted octanol–water partition coefficient (Wildman–Crippen LogP) is 0.0676. The Morgan fingerprint density at radius 1 is 1.71 bits per heavy atom. The van der Waals surface area contributed by atoms with Crippen LogP contribution in [0.3, 0.4) is 0 Å². The van der Waals surface area contributed by atoms with E-state index in [-0.39, 0.29) is 18.7 Å². The Bertz CT molecular complexity index is 238. The van der Waals surface area contributed by atoms with Gasteiger partial charge in [0.15, 0.2) is 0 Å². The summed E-state index contributed by atoms with van der Waals surface area (Å²) < 4.78 is 4.96. The Balaban J connectivity index is 2.42. The molecule has 2 unspecified atom stereocenters. The molecule has 14 heavy (non-hydrogen) atoms. The minimum atomic E-state index is -0.0432. The Hall–Kier alpha value is -0.910. The highest BCUT2D eigenvalue weighted by molar-refractivity contribution is 5.03. The molecule has 1 aromatic rings. The third-order valence-electron chi connectivity index (χ3n) is 2.06. The lowest BCUT2D eigenvalue weighted by molar-refractivity contribution is 0.123. The van der Waals surface area contributed by atoms with E-state index in [4.69, 9.17) is 9.84 Å². The number of aliphatic hydroxyl groups is 1. The molecule has 0 aliphatic carbocycles. The summed E-state index contributed by atoms with van der Waals surface area (Å²) in [4.78, 5) is 0. The molecule has 0 aliphatic rings. The van der Waals surface area contributed by atoms with Crippen LogP contribution < -0.4 is 5.32 Å². The SMILES string of the molecule is COCC(CO)NC(C)c1ccn[nH]1. The molecular formula is C9H17N3O2. The molecule has 0 saturated carbocycles. The second-order valence-corrected chi connectivity index (χ2v) is 3.24. The first-order valence-corrected chi connectivity index (χ1v) is 4.63. The van der Waals surface area contributed by atoms with Gasteiger partial charge in [-0.25, -0.2) is 0 Å². The third-order valence-corrected chi connectivity index (χ3v) is 2.06. The molecular weight excluding hydrogens is 182 g/mol. The standard InChI is InChI=1S/C9H17N3O2/c1-7(9-3-4-10-12-9)11-8(5-13)6-14-2/h3-4,7-8,11,13H,5-6H2,1-2H3,(H,10,12). The quantitative estimate of drug-likeness (QED) is 0.606. The lowest BCUT2D eigenvalue weighted by Crippen LogP contribution is -2.38. The molecule has 2 atom stereocenters. The maximum absolute atomic E-state index is 9.04. The molecule has 0 amide bonds. The minimum absolute atomic E-state index is 0.0432. The van der Waals surface area contributed by atoms with E-state index in [1.807, 2.05) is 13.0 Å². The molecule has 1 rings (SSSR count). The molecule has 5 heteroatoms. The molecule has 80 valence electrons. The number of aromatic nitrogens is 2. The Morgan fingerprint density at radius 2 is 2.50 bits per heavy atom. The van der Waals surface area contributed by atoms with Crippen LogP contribution in [0.5, 0.6) is 0 Å². The van der Waals surface area contributed by atoms with Crippen LogP contribution in [-0.4, -0.2) is 41.7 Å². The van der Waals surface area contributed by atoms with Gasteiger partial charge in [0.25, 0.3) is 0 Å². The van der Waals surface area contributed by atoms with Crippen LogP contribution in [0.4, 0.5) is 0 Å². The number of nitrogens with one attached hydrogen (secondary N) is 2. The highest BCUT2D eigenvalue weighted by Gasteiger charge is 2.12. The topological polar surface area (TPSA) is 70.2 Å². The van der Waals surface area contributed by atoms with Crippen molar-refractivity contribution < 1.29 is 9.84 Å². The maximum atomic E-state index is 9.04. The van der Waals surface area contributed by atoms with Crippen molar-refractivity contribution in [2.45, 2.75) is 19.0 Å². The molecule has 0 saturated heterocycles. The van der Waals surface area contributed by atoms with Crippen LogP contribution >= 0.6 is 0 Å². The number of nitrogens with zero attached hydrogens (tertiary/aromatic N) is 1. The first-order valence-electron chi connectivity index (χ1n) is 4.63. The van der Waals surface area contributed by atoms with Gasteiger partial charge in [0.1, 0.15) is 0 Å². The Kier molecular flexibility index (Phi) is 4.58. The monoisotopic (exact) mass is 199 g/mol. The second-order valence-electron chi connectivity index (χ2n) is 3.24. The van der Waals surface area contributed by atoms with Crippen molar-refractivity contribution >= 4 is 0 Å². The van der Waals surface area contributed by atoms with Gasteiger partial charge < -0.3 is 15.2 Å². The number of ether oxygens (including phenoxy) is 1. The summed E-state index contributed by atoms with van der Waals surface area (Å²) >= 11 is 0. The summed E-state index contributed by atoms with van der Waals surface area (Å²) in [6.07, 6.45) is 1.71. The first kappa shape index (κ1) is 11.2. The van der Waals surface area contributed by atoms with Crippen molar-refractivity contribution in [3.8, 4) is 0 Å². The van der Waals surface area contributed by atoms with E-state index in [9.17, 15) is 0 Å². The zero-order valence-electron chi connectivity index (χ0n) is 8.53. The number of hydrogen-bond donors (Lipinski definition) is 3. The molecule has 0 fully saturated rings. The van der Waals surface area contributed by atoms with Crippen molar-refractivity contribution in [1.82, 2.24) is 15.5 Å². The van der Waals surface area contributed by atoms with Gasteiger partial charge in [0.05, 0.1) is 24.9 Å². The van der Waals surface area contributed by atoms with Crippen molar-refractivity contribution in [3.63, 3.8) is 0 Å². The third kappa shape index (κ3) is 3.10. The predicted molar refractivity (Wildman–Crippen MR) is 52.9 cm³/mol. The lowest BCUT2D eigenvalue weighted by atomic mass is 10.2. The van der Waals surface area contributed by atoms with Crippen molar-refractivity contribution in [1.29, 1.82) is 0 Å². The van der Waals surface area contributed by atoms with E-state index in [1.54, 1.807) is 13.3 Å².